The molecule has 0 saturated carbocycles. The van der Waals surface area contributed by atoms with Gasteiger partial charge >= 0.3 is 0 Å². The van der Waals surface area contributed by atoms with Crippen molar-refractivity contribution in [3.8, 4) is 0 Å². The van der Waals surface area contributed by atoms with Crippen molar-refractivity contribution in [2.75, 3.05) is 0 Å². The van der Waals surface area contributed by atoms with E-state index in [1.165, 1.54) is 6.07 Å². The van der Waals surface area contributed by atoms with Crippen LogP contribution in [0.2, 0.25) is 0 Å². The van der Waals surface area contributed by atoms with Gasteiger partial charge in [0, 0.05) is 23.4 Å². The molecule has 0 aliphatic heterocycles. The van der Waals surface area contributed by atoms with Crippen LogP contribution < -0.4 is 17.0 Å². The first-order valence-corrected chi connectivity index (χ1v) is 5.44. The third-order valence-corrected chi connectivity index (χ3v) is 2.77. The van der Waals surface area contributed by atoms with Crippen LogP contribution in [0.15, 0.2) is 23.0 Å². The Labute approximate surface area is 106 Å². The average molecular weight is 267 g/mol. The molecule has 0 spiro atoms. The highest BCUT2D eigenvalue weighted by Crippen LogP contribution is 2.16. The molecular formula is C12H11F2N3O2. The van der Waals surface area contributed by atoms with Crippen LogP contribution in [0.4, 0.5) is 8.78 Å². The van der Waals surface area contributed by atoms with Crippen molar-refractivity contribution in [3.05, 3.63) is 45.8 Å². The number of hydrogen-bond acceptors (Lipinski definition) is 3. The van der Waals surface area contributed by atoms with E-state index in [1.807, 2.05) is 0 Å². The van der Waals surface area contributed by atoms with Gasteiger partial charge in [0.25, 0.3) is 5.56 Å². The maximum absolute atomic E-state index is 13.1. The number of primary amides is 1. The summed E-state index contributed by atoms with van der Waals surface area (Å²) in [6.45, 7) is 0. The number of fused-ring (bicyclic) bond motifs is 1. The SMILES string of the molecule is NC(=O)C(N)Cc1cc2cc(F)c(F)cc2[nH]c1=O. The van der Waals surface area contributed by atoms with Crippen molar-refractivity contribution in [2.24, 2.45) is 11.5 Å². The Morgan fingerprint density at radius 3 is 2.53 bits per heavy atom. The molecule has 5 N–H and O–H groups in total. The largest absolute Gasteiger partial charge is 0.368 e. The molecule has 100 valence electrons. The number of pyridine rings is 1. The number of amides is 1. The number of hydrogen-bond donors (Lipinski definition) is 3. The zero-order chi connectivity index (χ0) is 14.2. The van der Waals surface area contributed by atoms with Crippen LogP contribution in [0, 0.1) is 11.6 Å². The first-order chi connectivity index (χ1) is 8.88. The summed E-state index contributed by atoms with van der Waals surface area (Å²) in [7, 11) is 0. The Bertz CT molecular complexity index is 712. The number of rotatable bonds is 3. The number of H-pyrrole nitrogens is 1. The van der Waals surface area contributed by atoms with E-state index in [2.05, 4.69) is 4.98 Å². The van der Waals surface area contributed by atoms with Gasteiger partial charge in [-0.25, -0.2) is 8.78 Å². The summed E-state index contributed by atoms with van der Waals surface area (Å²) in [5.41, 5.74) is 10.3. The maximum atomic E-state index is 13.1. The zero-order valence-electron chi connectivity index (χ0n) is 9.74. The minimum atomic E-state index is -1.05. The Morgan fingerprint density at radius 2 is 1.89 bits per heavy atom. The Hall–Kier alpha value is -2.28. The van der Waals surface area contributed by atoms with Crippen molar-refractivity contribution in [1.29, 1.82) is 0 Å². The van der Waals surface area contributed by atoms with Crippen LogP contribution in [-0.2, 0) is 11.2 Å². The van der Waals surface area contributed by atoms with Gasteiger partial charge in [0.15, 0.2) is 11.6 Å². The molecule has 0 aliphatic rings. The smallest absolute Gasteiger partial charge is 0.251 e. The van der Waals surface area contributed by atoms with E-state index >= 15 is 0 Å². The number of nitrogens with one attached hydrogen (secondary N) is 1. The normalized spacial score (nSPS) is 12.6. The van der Waals surface area contributed by atoms with Crippen LogP contribution in [0.5, 0.6) is 0 Å². The fourth-order valence-electron chi connectivity index (χ4n) is 1.73. The predicted octanol–water partition coefficient (Wildman–Crippen LogP) is 0.161. The van der Waals surface area contributed by atoms with E-state index in [0.717, 1.165) is 12.1 Å². The molecule has 0 radical (unpaired) electrons. The summed E-state index contributed by atoms with van der Waals surface area (Å²) in [6.07, 6.45) is -0.0698. The fraction of sp³-hybridized carbons (Fsp3) is 0.167. The molecule has 19 heavy (non-hydrogen) atoms. The number of carbonyl (C=O) groups excluding carboxylic acids is 1. The van der Waals surface area contributed by atoms with Gasteiger partial charge in [-0.2, -0.15) is 0 Å². The number of carbonyl (C=O) groups is 1. The molecule has 7 heteroatoms. The highest BCUT2D eigenvalue weighted by molar-refractivity contribution is 5.81. The monoisotopic (exact) mass is 267 g/mol. The molecule has 2 rings (SSSR count). The average Bonchev–Trinajstić information content (AvgIpc) is 2.32. The van der Waals surface area contributed by atoms with Crippen LogP contribution in [0.25, 0.3) is 10.9 Å². The van der Waals surface area contributed by atoms with E-state index in [-0.39, 0.29) is 17.5 Å². The third kappa shape index (κ3) is 2.60. The minimum Gasteiger partial charge on any atom is -0.368 e. The van der Waals surface area contributed by atoms with Gasteiger partial charge in [-0.05, 0) is 12.1 Å². The highest BCUT2D eigenvalue weighted by atomic mass is 19.2. The Morgan fingerprint density at radius 1 is 1.26 bits per heavy atom. The number of aromatic nitrogens is 1. The van der Waals surface area contributed by atoms with Crippen LogP contribution in [0.3, 0.4) is 0 Å². The number of benzene rings is 1. The summed E-state index contributed by atoms with van der Waals surface area (Å²) < 4.78 is 26.1. The molecule has 1 heterocycles. The van der Waals surface area contributed by atoms with Gasteiger partial charge in [0.05, 0.1) is 11.6 Å². The van der Waals surface area contributed by atoms with Gasteiger partial charge in [-0.3, -0.25) is 9.59 Å². The van der Waals surface area contributed by atoms with Crippen LogP contribution in [-0.4, -0.2) is 16.9 Å². The number of halogens is 2. The van der Waals surface area contributed by atoms with Gasteiger partial charge in [0.1, 0.15) is 0 Å². The minimum absolute atomic E-state index is 0.0698. The molecule has 1 amide bonds. The predicted molar refractivity (Wildman–Crippen MR) is 65.4 cm³/mol. The maximum Gasteiger partial charge on any atom is 0.251 e. The van der Waals surface area contributed by atoms with E-state index in [9.17, 15) is 18.4 Å². The Balaban J connectivity index is 2.52. The molecule has 0 fully saturated rings. The van der Waals surface area contributed by atoms with Crippen LogP contribution >= 0.6 is 0 Å². The summed E-state index contributed by atoms with van der Waals surface area (Å²) in [5.74, 6) is -2.82. The van der Waals surface area contributed by atoms with Gasteiger partial charge < -0.3 is 16.5 Å². The van der Waals surface area contributed by atoms with Crippen molar-refractivity contribution >= 4 is 16.8 Å². The molecular weight excluding hydrogens is 256 g/mol. The summed E-state index contributed by atoms with van der Waals surface area (Å²) >= 11 is 0. The first-order valence-electron chi connectivity index (χ1n) is 5.44. The fourth-order valence-corrected chi connectivity index (χ4v) is 1.73. The van der Waals surface area contributed by atoms with Crippen molar-refractivity contribution < 1.29 is 13.6 Å². The molecule has 0 bridgehead atoms. The van der Waals surface area contributed by atoms with Crippen molar-refractivity contribution in [3.63, 3.8) is 0 Å². The molecule has 1 aromatic carbocycles. The topological polar surface area (TPSA) is 102 Å². The van der Waals surface area contributed by atoms with Gasteiger partial charge in [0.2, 0.25) is 5.91 Å². The van der Waals surface area contributed by atoms with E-state index < -0.39 is 29.1 Å². The standard InChI is InChI=1S/C12H11F2N3O2/c13-7-2-5-1-6(3-9(15)11(16)18)12(19)17-10(5)4-8(7)14/h1-2,4,9H,3,15H2,(H2,16,18)(H,17,19). The lowest BCUT2D eigenvalue weighted by Gasteiger charge is -2.08. The van der Waals surface area contributed by atoms with Crippen molar-refractivity contribution in [2.45, 2.75) is 12.5 Å². The second-order valence-corrected chi connectivity index (χ2v) is 4.19. The lowest BCUT2D eigenvalue weighted by molar-refractivity contribution is -0.119. The van der Waals surface area contributed by atoms with Gasteiger partial charge in [-0.15, -0.1) is 0 Å². The molecule has 2 aromatic rings. The lowest BCUT2D eigenvalue weighted by atomic mass is 10.1. The zero-order valence-corrected chi connectivity index (χ0v) is 9.74. The molecule has 1 atom stereocenters. The molecule has 5 nitrogen and oxygen atoms in total. The number of nitrogens with two attached hydrogens (primary N) is 2. The van der Waals surface area contributed by atoms with Crippen molar-refractivity contribution in [1.82, 2.24) is 4.98 Å². The molecule has 1 aromatic heterocycles. The summed E-state index contributed by atoms with van der Waals surface area (Å²) in [4.78, 5) is 25.0. The summed E-state index contributed by atoms with van der Waals surface area (Å²) in [5, 5.41) is 0.310. The lowest BCUT2D eigenvalue weighted by Crippen LogP contribution is -2.39. The van der Waals surface area contributed by atoms with Gasteiger partial charge in [-0.1, -0.05) is 0 Å². The summed E-state index contributed by atoms with van der Waals surface area (Å²) in [6, 6.07) is 2.20. The second kappa shape index (κ2) is 4.77. The van der Waals surface area contributed by atoms with E-state index in [0.29, 0.717) is 5.39 Å². The third-order valence-electron chi connectivity index (χ3n) is 2.77. The molecule has 0 aliphatic carbocycles. The van der Waals surface area contributed by atoms with E-state index in [1.54, 1.807) is 0 Å². The second-order valence-electron chi connectivity index (χ2n) is 4.19. The Kier molecular flexibility index (Phi) is 3.30. The van der Waals surface area contributed by atoms with Crippen LogP contribution in [0.1, 0.15) is 5.56 Å². The molecule has 0 saturated heterocycles. The number of aromatic amines is 1. The highest BCUT2D eigenvalue weighted by Gasteiger charge is 2.14. The van der Waals surface area contributed by atoms with E-state index in [4.69, 9.17) is 11.5 Å². The molecule has 1 unspecified atom stereocenters. The first kappa shape index (κ1) is 13.2. The quantitative estimate of drug-likeness (QED) is 0.738.